The van der Waals surface area contributed by atoms with Gasteiger partial charge in [-0.3, -0.25) is 14.6 Å². The fourth-order valence-electron chi connectivity index (χ4n) is 4.57. The van der Waals surface area contributed by atoms with Crippen molar-refractivity contribution in [1.82, 2.24) is 14.8 Å². The average molecular weight is 337 g/mol. The Hall–Kier alpha value is -2.47. The van der Waals surface area contributed by atoms with Crippen LogP contribution in [0.4, 0.5) is 0 Å². The minimum Gasteiger partial charge on any atom is -0.353 e. The standard InChI is InChI=1S/C19H19N3O3/c23-17-12-16-19(22(17)8-2-10-25-19)6-9-21(16)18(24)14-4-5-15-13(11-14)3-1-7-20-15/h1,3-5,7,11,16H,2,6,8-10,12H2/t16-,19+/m1/s1. The molecule has 3 fully saturated rings. The maximum absolute atomic E-state index is 13.1. The monoisotopic (exact) mass is 337 g/mol. The molecule has 6 heteroatoms. The van der Waals surface area contributed by atoms with Gasteiger partial charge in [0, 0.05) is 36.7 Å². The Labute approximate surface area is 145 Å². The molecule has 25 heavy (non-hydrogen) atoms. The zero-order chi connectivity index (χ0) is 17.0. The van der Waals surface area contributed by atoms with E-state index in [9.17, 15) is 9.59 Å². The molecule has 3 saturated heterocycles. The van der Waals surface area contributed by atoms with Crippen molar-refractivity contribution < 1.29 is 14.3 Å². The molecule has 0 N–H and O–H groups in total. The highest BCUT2D eigenvalue weighted by atomic mass is 16.5. The number of amides is 2. The van der Waals surface area contributed by atoms with Crippen LogP contribution in [0.3, 0.4) is 0 Å². The molecule has 0 saturated carbocycles. The number of hydrogen-bond donors (Lipinski definition) is 0. The molecule has 0 radical (unpaired) electrons. The molecule has 3 aliphatic heterocycles. The Balaban J connectivity index is 1.49. The van der Waals surface area contributed by atoms with E-state index in [0.717, 1.165) is 23.9 Å². The van der Waals surface area contributed by atoms with Gasteiger partial charge in [0.05, 0.1) is 24.6 Å². The topological polar surface area (TPSA) is 62.7 Å². The molecular formula is C19H19N3O3. The molecule has 2 atom stereocenters. The quantitative estimate of drug-likeness (QED) is 0.796. The van der Waals surface area contributed by atoms with Crippen LogP contribution in [0.2, 0.25) is 0 Å². The first-order valence-electron chi connectivity index (χ1n) is 8.79. The molecule has 5 rings (SSSR count). The van der Waals surface area contributed by atoms with Crippen molar-refractivity contribution in [2.24, 2.45) is 0 Å². The van der Waals surface area contributed by atoms with E-state index in [1.54, 1.807) is 6.20 Å². The summed E-state index contributed by atoms with van der Waals surface area (Å²) in [6.07, 6.45) is 3.67. The lowest BCUT2D eigenvalue weighted by Gasteiger charge is -2.42. The first-order valence-corrected chi connectivity index (χ1v) is 8.79. The lowest BCUT2D eigenvalue weighted by molar-refractivity contribution is -0.179. The molecule has 0 bridgehead atoms. The summed E-state index contributed by atoms with van der Waals surface area (Å²) in [7, 11) is 0. The smallest absolute Gasteiger partial charge is 0.254 e. The summed E-state index contributed by atoms with van der Waals surface area (Å²) in [5.41, 5.74) is 0.915. The Morgan fingerprint density at radius 3 is 3.12 bits per heavy atom. The Kier molecular flexibility index (Phi) is 3.12. The van der Waals surface area contributed by atoms with Crippen molar-refractivity contribution in [3.8, 4) is 0 Å². The number of pyridine rings is 1. The van der Waals surface area contributed by atoms with Crippen LogP contribution in [-0.2, 0) is 9.53 Å². The maximum Gasteiger partial charge on any atom is 0.254 e. The molecule has 4 heterocycles. The summed E-state index contributed by atoms with van der Waals surface area (Å²) in [5, 5.41) is 0.945. The van der Waals surface area contributed by atoms with Crippen molar-refractivity contribution in [3.63, 3.8) is 0 Å². The number of aromatic nitrogens is 1. The van der Waals surface area contributed by atoms with Crippen molar-refractivity contribution in [1.29, 1.82) is 0 Å². The second kappa shape index (κ2) is 5.26. The van der Waals surface area contributed by atoms with Gasteiger partial charge in [0.25, 0.3) is 5.91 Å². The minimum atomic E-state index is -0.594. The Morgan fingerprint density at radius 2 is 2.20 bits per heavy atom. The zero-order valence-electron chi connectivity index (χ0n) is 13.9. The largest absolute Gasteiger partial charge is 0.353 e. The Morgan fingerprint density at radius 1 is 1.28 bits per heavy atom. The van der Waals surface area contributed by atoms with E-state index in [2.05, 4.69) is 4.98 Å². The van der Waals surface area contributed by atoms with Crippen LogP contribution in [0.5, 0.6) is 0 Å². The van der Waals surface area contributed by atoms with E-state index < -0.39 is 5.72 Å². The van der Waals surface area contributed by atoms with Crippen LogP contribution in [0.1, 0.15) is 29.6 Å². The molecule has 2 amide bonds. The van der Waals surface area contributed by atoms with Crippen molar-refractivity contribution >= 4 is 22.7 Å². The van der Waals surface area contributed by atoms with E-state index in [-0.39, 0.29) is 17.9 Å². The third-order valence-electron chi connectivity index (χ3n) is 5.72. The van der Waals surface area contributed by atoms with E-state index >= 15 is 0 Å². The van der Waals surface area contributed by atoms with Crippen LogP contribution >= 0.6 is 0 Å². The normalized spacial score (nSPS) is 28.3. The molecule has 1 aromatic carbocycles. The number of carbonyl (C=O) groups excluding carboxylic acids is 2. The number of nitrogens with zero attached hydrogens (tertiary/aromatic N) is 3. The molecule has 1 aromatic heterocycles. The summed E-state index contributed by atoms with van der Waals surface area (Å²) in [5.74, 6) is 0.0707. The van der Waals surface area contributed by atoms with Crippen molar-refractivity contribution in [2.75, 3.05) is 19.7 Å². The second-order valence-corrected chi connectivity index (χ2v) is 6.97. The lowest BCUT2D eigenvalue weighted by atomic mass is 10.0. The fourth-order valence-corrected chi connectivity index (χ4v) is 4.57. The third-order valence-corrected chi connectivity index (χ3v) is 5.72. The minimum absolute atomic E-state index is 0.0311. The van der Waals surface area contributed by atoms with Crippen molar-refractivity contribution in [3.05, 3.63) is 42.1 Å². The van der Waals surface area contributed by atoms with Crippen LogP contribution in [0.25, 0.3) is 10.9 Å². The van der Waals surface area contributed by atoms with Gasteiger partial charge in [-0.1, -0.05) is 6.07 Å². The van der Waals surface area contributed by atoms with Gasteiger partial charge in [0.1, 0.15) is 0 Å². The second-order valence-electron chi connectivity index (χ2n) is 6.97. The summed E-state index contributed by atoms with van der Waals surface area (Å²) >= 11 is 0. The third kappa shape index (κ3) is 2.03. The summed E-state index contributed by atoms with van der Waals surface area (Å²) < 4.78 is 6.07. The van der Waals surface area contributed by atoms with Gasteiger partial charge in [-0.05, 0) is 30.7 Å². The van der Waals surface area contributed by atoms with E-state index in [4.69, 9.17) is 4.74 Å². The summed E-state index contributed by atoms with van der Waals surface area (Å²) in [6.45, 7) is 2.02. The molecule has 1 spiro atoms. The van der Waals surface area contributed by atoms with Crippen molar-refractivity contribution in [2.45, 2.75) is 31.0 Å². The molecule has 6 nitrogen and oxygen atoms in total. The van der Waals surface area contributed by atoms with Gasteiger partial charge < -0.3 is 14.5 Å². The zero-order valence-corrected chi connectivity index (χ0v) is 13.9. The van der Waals surface area contributed by atoms with Gasteiger partial charge in [0.2, 0.25) is 5.91 Å². The first-order chi connectivity index (χ1) is 12.2. The number of benzene rings is 1. The number of ether oxygens (including phenoxy) is 1. The van der Waals surface area contributed by atoms with E-state index in [1.165, 1.54) is 0 Å². The molecule has 3 aliphatic rings. The first kappa shape index (κ1) is 14.8. The highest BCUT2D eigenvalue weighted by molar-refractivity contribution is 5.99. The predicted octanol–water partition coefficient (Wildman–Crippen LogP) is 1.80. The van der Waals surface area contributed by atoms with Crippen LogP contribution in [0, 0.1) is 0 Å². The molecular weight excluding hydrogens is 318 g/mol. The lowest BCUT2D eigenvalue weighted by Crippen LogP contribution is -2.56. The van der Waals surface area contributed by atoms with Crippen LogP contribution in [0.15, 0.2) is 36.5 Å². The number of likely N-dealkylation sites (tertiary alicyclic amines) is 1. The molecule has 128 valence electrons. The number of fused-ring (bicyclic) bond motifs is 1. The molecule has 0 unspecified atom stereocenters. The fraction of sp³-hybridized carbons (Fsp3) is 0.421. The Bertz CT molecular complexity index is 883. The van der Waals surface area contributed by atoms with Gasteiger partial charge in [-0.2, -0.15) is 0 Å². The maximum atomic E-state index is 13.1. The number of rotatable bonds is 1. The SMILES string of the molecule is O=C(c1ccc2ncccc2c1)N1CC[C@@]23OCCCN2C(=O)C[C@@H]13. The van der Waals surface area contributed by atoms with Gasteiger partial charge in [0.15, 0.2) is 5.72 Å². The van der Waals surface area contributed by atoms with Gasteiger partial charge >= 0.3 is 0 Å². The highest BCUT2D eigenvalue weighted by Gasteiger charge is 2.61. The highest BCUT2D eigenvalue weighted by Crippen LogP contribution is 2.45. The predicted molar refractivity (Wildman–Crippen MR) is 90.8 cm³/mol. The van der Waals surface area contributed by atoms with Gasteiger partial charge in [-0.25, -0.2) is 0 Å². The van der Waals surface area contributed by atoms with E-state index in [1.807, 2.05) is 40.1 Å². The van der Waals surface area contributed by atoms with E-state index in [0.29, 0.717) is 31.6 Å². The number of hydrogen-bond acceptors (Lipinski definition) is 4. The van der Waals surface area contributed by atoms with Crippen LogP contribution in [-0.4, -0.2) is 58.1 Å². The van der Waals surface area contributed by atoms with Gasteiger partial charge in [-0.15, -0.1) is 0 Å². The average Bonchev–Trinajstić information content (AvgIpc) is 3.13. The molecule has 0 aliphatic carbocycles. The number of carbonyl (C=O) groups is 2. The van der Waals surface area contributed by atoms with Crippen LogP contribution < -0.4 is 0 Å². The summed E-state index contributed by atoms with van der Waals surface area (Å²) in [6, 6.07) is 9.21. The molecule has 2 aromatic rings. The summed E-state index contributed by atoms with van der Waals surface area (Å²) in [4.78, 5) is 33.5.